The molecule has 140 valence electrons. The zero-order valence-corrected chi connectivity index (χ0v) is 15.7. The zero-order chi connectivity index (χ0) is 18.2. The van der Waals surface area contributed by atoms with Crippen LogP contribution in [0, 0.1) is 0 Å². The maximum atomic E-state index is 12.6. The molecule has 2 aromatic rings. The topological polar surface area (TPSA) is 63.1 Å². The molecule has 1 N–H and O–H groups in total. The number of halogens is 1. The molecule has 0 saturated carbocycles. The minimum absolute atomic E-state index is 0.0502. The highest BCUT2D eigenvalue weighted by Gasteiger charge is 2.26. The molecule has 1 aliphatic heterocycles. The average molecular weight is 376 g/mol. The van der Waals surface area contributed by atoms with Crippen molar-refractivity contribution in [2.75, 3.05) is 13.1 Å². The third kappa shape index (κ3) is 5.46. The number of likely N-dealkylation sites (tertiary alicyclic amines) is 1. The third-order valence-electron chi connectivity index (χ3n) is 4.79. The van der Waals surface area contributed by atoms with Crippen LogP contribution in [0.25, 0.3) is 0 Å². The molecule has 6 nitrogen and oxygen atoms in total. The fourth-order valence-corrected chi connectivity index (χ4v) is 3.58. The van der Waals surface area contributed by atoms with Gasteiger partial charge in [-0.2, -0.15) is 5.10 Å². The molecule has 0 unspecified atom stereocenters. The molecule has 3 rings (SSSR count). The molecule has 1 saturated heterocycles. The van der Waals surface area contributed by atoms with Crippen molar-refractivity contribution in [1.82, 2.24) is 25.0 Å². The molecule has 0 radical (unpaired) electrons. The number of pyridine rings is 1. The van der Waals surface area contributed by atoms with E-state index in [1.807, 2.05) is 23.2 Å². The number of nitrogens with one attached hydrogen (secondary N) is 1. The molecule has 2 amide bonds. The van der Waals surface area contributed by atoms with Gasteiger partial charge in [-0.3, -0.25) is 9.67 Å². The number of hydrogen-bond acceptors (Lipinski definition) is 3. The number of amides is 2. The predicted molar refractivity (Wildman–Crippen MR) is 102 cm³/mol. The SMILES string of the molecule is O=C(NCCCn1cc(Cl)cn1)N1CCCC[C@@H]1CCc1ccccn1. The number of carbonyl (C=O) groups is 1. The number of carbonyl (C=O) groups excluding carboxylic acids is 1. The van der Waals surface area contributed by atoms with E-state index in [9.17, 15) is 4.79 Å². The summed E-state index contributed by atoms with van der Waals surface area (Å²) in [5, 5.41) is 7.84. The van der Waals surface area contributed by atoms with E-state index in [-0.39, 0.29) is 6.03 Å². The van der Waals surface area contributed by atoms with E-state index in [2.05, 4.69) is 21.5 Å². The summed E-state index contributed by atoms with van der Waals surface area (Å²) in [7, 11) is 0. The van der Waals surface area contributed by atoms with Crippen LogP contribution in [-0.2, 0) is 13.0 Å². The van der Waals surface area contributed by atoms with Gasteiger partial charge in [0.05, 0.1) is 11.2 Å². The number of urea groups is 1. The summed E-state index contributed by atoms with van der Waals surface area (Å²) in [6, 6.07) is 6.35. The molecule has 0 bridgehead atoms. The highest BCUT2D eigenvalue weighted by molar-refractivity contribution is 6.30. The van der Waals surface area contributed by atoms with Gasteiger partial charge in [0.1, 0.15) is 0 Å². The van der Waals surface area contributed by atoms with Crippen molar-refractivity contribution in [3.05, 3.63) is 47.5 Å². The van der Waals surface area contributed by atoms with Crippen LogP contribution in [-0.4, -0.2) is 44.8 Å². The Morgan fingerprint density at radius 2 is 2.27 bits per heavy atom. The first-order valence-corrected chi connectivity index (χ1v) is 9.72. The second-order valence-electron chi connectivity index (χ2n) is 6.71. The second-order valence-corrected chi connectivity index (χ2v) is 7.15. The molecule has 1 atom stereocenters. The van der Waals surface area contributed by atoms with Gasteiger partial charge < -0.3 is 10.2 Å². The van der Waals surface area contributed by atoms with Crippen molar-refractivity contribution < 1.29 is 4.79 Å². The van der Waals surface area contributed by atoms with Crippen LogP contribution in [0.15, 0.2) is 36.8 Å². The fourth-order valence-electron chi connectivity index (χ4n) is 3.43. The number of nitrogens with zero attached hydrogens (tertiary/aromatic N) is 4. The van der Waals surface area contributed by atoms with Gasteiger partial charge in [-0.05, 0) is 50.7 Å². The summed E-state index contributed by atoms with van der Waals surface area (Å²) in [6.07, 6.45) is 11.3. The van der Waals surface area contributed by atoms with Gasteiger partial charge in [0.15, 0.2) is 0 Å². The van der Waals surface area contributed by atoms with Crippen LogP contribution >= 0.6 is 11.6 Å². The van der Waals surface area contributed by atoms with Crippen molar-refractivity contribution in [2.24, 2.45) is 0 Å². The van der Waals surface area contributed by atoms with Crippen LogP contribution < -0.4 is 5.32 Å². The Kier molecular flexibility index (Phi) is 6.89. The predicted octanol–water partition coefficient (Wildman–Crippen LogP) is 3.52. The van der Waals surface area contributed by atoms with Crippen molar-refractivity contribution in [3.63, 3.8) is 0 Å². The van der Waals surface area contributed by atoms with Crippen LogP contribution in [0.2, 0.25) is 5.02 Å². The molecule has 1 aliphatic rings. The monoisotopic (exact) mass is 375 g/mol. The van der Waals surface area contributed by atoms with Crippen molar-refractivity contribution >= 4 is 17.6 Å². The summed E-state index contributed by atoms with van der Waals surface area (Å²) >= 11 is 5.85. The first-order chi connectivity index (χ1) is 12.7. The number of aryl methyl sites for hydroxylation is 2. The van der Waals surface area contributed by atoms with E-state index in [0.717, 1.165) is 50.9 Å². The van der Waals surface area contributed by atoms with E-state index in [0.29, 0.717) is 17.6 Å². The summed E-state index contributed by atoms with van der Waals surface area (Å²) in [6.45, 7) is 2.23. The quantitative estimate of drug-likeness (QED) is 0.753. The Bertz CT molecular complexity index is 690. The smallest absolute Gasteiger partial charge is 0.317 e. The Morgan fingerprint density at radius 1 is 1.35 bits per heavy atom. The molecule has 0 aromatic carbocycles. The first kappa shape index (κ1) is 18.7. The normalized spacial score (nSPS) is 17.3. The van der Waals surface area contributed by atoms with E-state index in [1.54, 1.807) is 17.1 Å². The van der Waals surface area contributed by atoms with Crippen LogP contribution in [0.5, 0.6) is 0 Å². The standard InChI is InChI=1S/C19H26ClN5O/c20-16-14-23-24(15-16)12-5-11-22-19(26)25-13-4-2-7-18(25)9-8-17-6-1-3-10-21-17/h1,3,6,10,14-15,18H,2,4-5,7-9,11-13H2,(H,22,26)/t18-/m1/s1. The Morgan fingerprint density at radius 3 is 3.04 bits per heavy atom. The van der Waals surface area contributed by atoms with Gasteiger partial charge in [-0.1, -0.05) is 17.7 Å². The number of hydrogen-bond donors (Lipinski definition) is 1. The van der Waals surface area contributed by atoms with E-state index >= 15 is 0 Å². The lowest BCUT2D eigenvalue weighted by molar-refractivity contribution is 0.146. The number of aromatic nitrogens is 3. The summed E-state index contributed by atoms with van der Waals surface area (Å²) in [5.74, 6) is 0. The molecule has 0 spiro atoms. The summed E-state index contributed by atoms with van der Waals surface area (Å²) in [4.78, 5) is 19.0. The van der Waals surface area contributed by atoms with Crippen LogP contribution in [0.3, 0.4) is 0 Å². The molecule has 26 heavy (non-hydrogen) atoms. The highest BCUT2D eigenvalue weighted by Crippen LogP contribution is 2.21. The zero-order valence-electron chi connectivity index (χ0n) is 15.0. The minimum atomic E-state index is 0.0502. The summed E-state index contributed by atoms with van der Waals surface area (Å²) < 4.78 is 1.80. The molecule has 3 heterocycles. The van der Waals surface area contributed by atoms with Crippen molar-refractivity contribution in [1.29, 1.82) is 0 Å². The minimum Gasteiger partial charge on any atom is -0.338 e. The Balaban J connectivity index is 1.43. The molecular formula is C19H26ClN5O. The molecule has 1 fully saturated rings. The van der Waals surface area contributed by atoms with Gasteiger partial charge >= 0.3 is 6.03 Å². The Hall–Kier alpha value is -2.08. The van der Waals surface area contributed by atoms with Crippen LogP contribution in [0.1, 0.15) is 37.8 Å². The highest BCUT2D eigenvalue weighted by atomic mass is 35.5. The van der Waals surface area contributed by atoms with E-state index in [4.69, 9.17) is 11.6 Å². The second kappa shape index (κ2) is 9.57. The Labute approximate surface area is 159 Å². The lowest BCUT2D eigenvalue weighted by atomic mass is 9.97. The molecular weight excluding hydrogens is 350 g/mol. The molecule has 7 heteroatoms. The molecule has 0 aliphatic carbocycles. The van der Waals surface area contributed by atoms with E-state index in [1.165, 1.54) is 6.42 Å². The van der Waals surface area contributed by atoms with Gasteiger partial charge in [-0.15, -0.1) is 0 Å². The first-order valence-electron chi connectivity index (χ1n) is 9.35. The molecule has 2 aromatic heterocycles. The van der Waals surface area contributed by atoms with Gasteiger partial charge in [-0.25, -0.2) is 4.79 Å². The summed E-state index contributed by atoms with van der Waals surface area (Å²) in [5.41, 5.74) is 1.09. The van der Waals surface area contributed by atoms with Gasteiger partial charge in [0.2, 0.25) is 0 Å². The van der Waals surface area contributed by atoms with E-state index < -0.39 is 0 Å². The number of rotatable bonds is 7. The van der Waals surface area contributed by atoms with Crippen molar-refractivity contribution in [2.45, 2.75) is 51.1 Å². The third-order valence-corrected chi connectivity index (χ3v) is 4.98. The lowest BCUT2D eigenvalue weighted by Gasteiger charge is -2.35. The largest absolute Gasteiger partial charge is 0.338 e. The number of piperidine rings is 1. The average Bonchev–Trinajstić information content (AvgIpc) is 3.09. The van der Waals surface area contributed by atoms with Crippen molar-refractivity contribution in [3.8, 4) is 0 Å². The maximum Gasteiger partial charge on any atom is 0.317 e. The maximum absolute atomic E-state index is 12.6. The lowest BCUT2D eigenvalue weighted by Crippen LogP contribution is -2.49. The van der Waals surface area contributed by atoms with Crippen LogP contribution in [0.4, 0.5) is 4.79 Å². The van der Waals surface area contributed by atoms with Gasteiger partial charge in [0, 0.05) is 43.8 Å². The van der Waals surface area contributed by atoms with Gasteiger partial charge in [0.25, 0.3) is 0 Å². The fraction of sp³-hybridized carbons (Fsp3) is 0.526.